The number of fused-ring (bicyclic) bond motifs is 1. The van der Waals surface area contributed by atoms with Crippen LogP contribution in [-0.4, -0.2) is 24.6 Å². The molecule has 1 aliphatic carbocycles. The number of carbonyl (C=O) groups is 2. The van der Waals surface area contributed by atoms with Crippen LogP contribution in [0.3, 0.4) is 0 Å². The molecule has 0 radical (unpaired) electrons. The van der Waals surface area contributed by atoms with Crippen LogP contribution < -0.4 is 20.9 Å². The normalized spacial score (nSPS) is 14.6. The van der Waals surface area contributed by atoms with Gasteiger partial charge in [0.2, 0.25) is 0 Å². The van der Waals surface area contributed by atoms with E-state index < -0.39 is 11.9 Å². The van der Waals surface area contributed by atoms with Crippen LogP contribution in [0.4, 0.5) is 4.79 Å². The molecule has 1 fully saturated rings. The van der Waals surface area contributed by atoms with E-state index in [1.54, 1.807) is 6.07 Å². The van der Waals surface area contributed by atoms with Gasteiger partial charge in [0, 0.05) is 10.5 Å². The number of nitrogens with one attached hydrogen (secondary N) is 3. The van der Waals surface area contributed by atoms with E-state index in [1.807, 2.05) is 24.3 Å². The minimum atomic E-state index is -0.434. The largest absolute Gasteiger partial charge is 0.483 e. The third-order valence-electron chi connectivity index (χ3n) is 4.50. The molecule has 1 saturated carbocycles. The summed E-state index contributed by atoms with van der Waals surface area (Å²) in [7, 11) is 0. The molecule has 0 spiro atoms. The Kier molecular flexibility index (Phi) is 6.95. The molecule has 2 aromatic rings. The summed E-state index contributed by atoms with van der Waals surface area (Å²) < 4.78 is 7.35. The molecule has 0 aliphatic heterocycles. The second kappa shape index (κ2) is 9.41. The van der Waals surface area contributed by atoms with Gasteiger partial charge in [0.25, 0.3) is 5.91 Å². The van der Waals surface area contributed by atoms with Gasteiger partial charge in [-0.2, -0.15) is 0 Å². The molecule has 0 unspecified atom stereocenters. The number of hydrazine groups is 1. The molecule has 144 valence electrons. The van der Waals surface area contributed by atoms with Crippen molar-refractivity contribution in [1.82, 2.24) is 16.2 Å². The number of hydrogen-bond donors (Lipinski definition) is 3. The van der Waals surface area contributed by atoms with Gasteiger partial charge in [-0.25, -0.2) is 10.2 Å². The van der Waals surface area contributed by atoms with E-state index in [-0.39, 0.29) is 12.6 Å². The molecular weight excluding hydrogens is 478 g/mol. The predicted octanol–water partition coefficient (Wildman–Crippen LogP) is 4.41. The molecule has 1 aliphatic rings. The van der Waals surface area contributed by atoms with Crippen molar-refractivity contribution in [2.75, 3.05) is 6.61 Å². The second-order valence-corrected chi connectivity index (χ2v) is 8.22. The van der Waals surface area contributed by atoms with Crippen molar-refractivity contribution < 1.29 is 14.3 Å². The van der Waals surface area contributed by atoms with E-state index in [2.05, 4.69) is 48.0 Å². The van der Waals surface area contributed by atoms with Crippen LogP contribution in [0.5, 0.6) is 5.75 Å². The Morgan fingerprint density at radius 3 is 2.59 bits per heavy atom. The number of urea groups is 1. The van der Waals surface area contributed by atoms with Gasteiger partial charge in [-0.1, -0.05) is 47.3 Å². The average Bonchev–Trinajstić information content (AvgIpc) is 2.66. The lowest BCUT2D eigenvalue weighted by molar-refractivity contribution is -0.123. The summed E-state index contributed by atoms with van der Waals surface area (Å²) in [5.41, 5.74) is 4.73. The molecule has 3 rings (SSSR count). The molecule has 3 N–H and O–H groups in total. The highest BCUT2D eigenvalue weighted by atomic mass is 79.9. The summed E-state index contributed by atoms with van der Waals surface area (Å²) >= 11 is 6.97. The molecule has 0 saturated heterocycles. The number of carbonyl (C=O) groups excluding carboxylic acids is 2. The Bertz CT molecular complexity index is 838. The van der Waals surface area contributed by atoms with Gasteiger partial charge in [-0.05, 0) is 57.7 Å². The Balaban J connectivity index is 1.47. The standard InChI is InChI=1S/C19H21Br2N3O3/c20-13-7-8-15-12(10-13)6-9-16(18(15)21)27-11-17(25)23-24-19(26)22-14-4-2-1-3-5-14/h6-10,14H,1-5,11H2,(H,23,25)(H2,22,24,26). The maximum absolute atomic E-state index is 11.9. The number of hydrogen-bond acceptors (Lipinski definition) is 3. The molecular formula is C19H21Br2N3O3. The van der Waals surface area contributed by atoms with Gasteiger partial charge >= 0.3 is 6.03 Å². The third-order valence-corrected chi connectivity index (χ3v) is 5.81. The Hall–Kier alpha value is -1.80. The van der Waals surface area contributed by atoms with Gasteiger partial charge in [-0.15, -0.1) is 0 Å². The molecule has 0 heterocycles. The van der Waals surface area contributed by atoms with Crippen molar-refractivity contribution in [3.63, 3.8) is 0 Å². The Labute approximate surface area is 174 Å². The van der Waals surface area contributed by atoms with E-state index in [0.717, 1.165) is 45.4 Å². The molecule has 27 heavy (non-hydrogen) atoms. The molecule has 6 nitrogen and oxygen atoms in total. The lowest BCUT2D eigenvalue weighted by Crippen LogP contribution is -2.51. The summed E-state index contributed by atoms with van der Waals surface area (Å²) in [4.78, 5) is 23.8. The number of amides is 3. The highest BCUT2D eigenvalue weighted by molar-refractivity contribution is 9.11. The molecule has 0 aromatic heterocycles. The van der Waals surface area contributed by atoms with Crippen molar-refractivity contribution >= 4 is 54.6 Å². The summed E-state index contributed by atoms with van der Waals surface area (Å²) in [6.45, 7) is -0.204. The lowest BCUT2D eigenvalue weighted by Gasteiger charge is -2.22. The second-order valence-electron chi connectivity index (χ2n) is 6.51. The van der Waals surface area contributed by atoms with Crippen molar-refractivity contribution in [1.29, 1.82) is 0 Å². The highest BCUT2D eigenvalue weighted by Crippen LogP contribution is 2.34. The minimum absolute atomic E-state index is 0.181. The van der Waals surface area contributed by atoms with Crippen LogP contribution in [0, 0.1) is 0 Å². The van der Waals surface area contributed by atoms with Gasteiger partial charge < -0.3 is 10.1 Å². The smallest absolute Gasteiger partial charge is 0.333 e. The minimum Gasteiger partial charge on any atom is -0.483 e. The SMILES string of the molecule is O=C(COc1ccc2cc(Br)ccc2c1Br)NNC(=O)NC1CCCCC1. The maximum Gasteiger partial charge on any atom is 0.333 e. The van der Waals surface area contributed by atoms with E-state index in [0.29, 0.717) is 5.75 Å². The van der Waals surface area contributed by atoms with Crippen LogP contribution in [0.25, 0.3) is 10.8 Å². The fourth-order valence-electron chi connectivity index (χ4n) is 3.13. The van der Waals surface area contributed by atoms with Crippen LogP contribution in [0.2, 0.25) is 0 Å². The van der Waals surface area contributed by atoms with E-state index in [4.69, 9.17) is 4.74 Å². The maximum atomic E-state index is 11.9. The summed E-state index contributed by atoms with van der Waals surface area (Å²) in [5.74, 6) is 0.128. The van der Waals surface area contributed by atoms with Crippen LogP contribution in [-0.2, 0) is 4.79 Å². The zero-order valence-corrected chi connectivity index (χ0v) is 17.9. The topological polar surface area (TPSA) is 79.5 Å². The molecule has 2 aromatic carbocycles. The average molecular weight is 499 g/mol. The summed E-state index contributed by atoms with van der Waals surface area (Å²) in [6.07, 6.45) is 5.44. The fraction of sp³-hybridized carbons (Fsp3) is 0.368. The molecule has 0 bridgehead atoms. The van der Waals surface area contributed by atoms with Crippen LogP contribution >= 0.6 is 31.9 Å². The van der Waals surface area contributed by atoms with E-state index in [9.17, 15) is 9.59 Å². The van der Waals surface area contributed by atoms with Crippen molar-refractivity contribution in [3.8, 4) is 5.75 Å². The zero-order chi connectivity index (χ0) is 19.2. The Morgan fingerprint density at radius 1 is 1.04 bits per heavy atom. The number of benzene rings is 2. The Morgan fingerprint density at radius 2 is 1.81 bits per heavy atom. The quantitative estimate of drug-likeness (QED) is 0.546. The van der Waals surface area contributed by atoms with Gasteiger partial charge in [0.15, 0.2) is 6.61 Å². The number of halogens is 2. The highest BCUT2D eigenvalue weighted by Gasteiger charge is 2.16. The summed E-state index contributed by atoms with van der Waals surface area (Å²) in [6, 6.07) is 9.43. The third kappa shape index (κ3) is 5.59. The van der Waals surface area contributed by atoms with Crippen molar-refractivity contribution in [3.05, 3.63) is 39.3 Å². The first kappa shape index (κ1) is 19.9. The first-order valence-electron chi connectivity index (χ1n) is 8.89. The van der Waals surface area contributed by atoms with E-state index in [1.165, 1.54) is 6.42 Å². The molecule has 8 heteroatoms. The lowest BCUT2D eigenvalue weighted by atomic mass is 9.96. The summed E-state index contributed by atoms with van der Waals surface area (Å²) in [5, 5.41) is 4.90. The zero-order valence-electron chi connectivity index (χ0n) is 14.7. The van der Waals surface area contributed by atoms with E-state index >= 15 is 0 Å². The number of ether oxygens (including phenoxy) is 1. The predicted molar refractivity (Wildman–Crippen MR) is 112 cm³/mol. The van der Waals surface area contributed by atoms with Crippen LogP contribution in [0.15, 0.2) is 39.3 Å². The first-order chi connectivity index (χ1) is 13.0. The number of rotatable bonds is 4. The van der Waals surface area contributed by atoms with Crippen molar-refractivity contribution in [2.45, 2.75) is 38.1 Å². The van der Waals surface area contributed by atoms with Crippen LogP contribution in [0.1, 0.15) is 32.1 Å². The van der Waals surface area contributed by atoms with Gasteiger partial charge in [0.1, 0.15) is 5.75 Å². The van der Waals surface area contributed by atoms with Gasteiger partial charge in [-0.3, -0.25) is 10.2 Å². The van der Waals surface area contributed by atoms with Gasteiger partial charge in [0.05, 0.1) is 4.47 Å². The monoisotopic (exact) mass is 497 g/mol. The van der Waals surface area contributed by atoms with Crippen molar-refractivity contribution in [2.24, 2.45) is 0 Å². The molecule has 3 amide bonds. The first-order valence-corrected chi connectivity index (χ1v) is 10.5. The fourth-order valence-corrected chi connectivity index (χ4v) is 4.11. The molecule has 0 atom stereocenters.